The Morgan fingerprint density at radius 2 is 2.08 bits per heavy atom. The van der Waals surface area contributed by atoms with E-state index in [9.17, 15) is 9.59 Å². The molecule has 0 rings (SSSR count). The van der Waals surface area contributed by atoms with Gasteiger partial charge in [-0.3, -0.25) is 9.59 Å². The van der Waals surface area contributed by atoms with Gasteiger partial charge in [-0.2, -0.15) is 0 Å². The molecule has 0 saturated carbocycles. The lowest BCUT2D eigenvalue weighted by atomic mass is 10.4. The molecule has 1 atom stereocenters. The summed E-state index contributed by atoms with van der Waals surface area (Å²) in [4.78, 5) is 20.5. The van der Waals surface area contributed by atoms with E-state index in [-0.39, 0.29) is 19.4 Å². The summed E-state index contributed by atoms with van der Waals surface area (Å²) in [7, 11) is 0. The second-order valence-corrected chi connectivity index (χ2v) is 2.14. The van der Waals surface area contributed by atoms with Crippen molar-refractivity contribution < 1.29 is 24.5 Å². The minimum atomic E-state index is -1.25. The fraction of sp³-hybridized carbons (Fsp3) is 0.667. The van der Waals surface area contributed by atoms with Crippen molar-refractivity contribution in [1.82, 2.24) is 0 Å². The fourth-order valence-corrected chi connectivity index (χ4v) is 0.482. The van der Waals surface area contributed by atoms with Crippen molar-refractivity contribution in [2.24, 2.45) is 5.73 Å². The summed E-state index contributed by atoms with van der Waals surface area (Å²) in [6.07, 6.45) is -1.81. The van der Waals surface area contributed by atoms with E-state index < -0.39 is 18.2 Å². The van der Waals surface area contributed by atoms with Gasteiger partial charge in [0.1, 0.15) is 12.8 Å². The number of aliphatic hydroxyl groups is 1. The lowest BCUT2D eigenvalue weighted by Crippen LogP contribution is -2.24. The summed E-state index contributed by atoms with van der Waals surface area (Å²) in [5.74, 6) is -1.75. The number of carbonyl (C=O) groups excluding carboxylic acids is 1. The molecule has 0 aliphatic carbocycles. The quantitative estimate of drug-likeness (QED) is 0.354. The van der Waals surface area contributed by atoms with Crippen LogP contribution in [-0.4, -0.2) is 35.0 Å². The van der Waals surface area contributed by atoms with Gasteiger partial charge in [-0.25, -0.2) is 0 Å². The van der Waals surface area contributed by atoms with Gasteiger partial charge in [-0.05, 0) is 0 Å². The third-order valence-electron chi connectivity index (χ3n) is 0.955. The number of nitrogens with two attached hydrogens (primary N) is 1. The Kier molecular flexibility index (Phi) is 4.98. The Hall–Kier alpha value is -1.14. The van der Waals surface area contributed by atoms with Gasteiger partial charge in [0.25, 0.3) is 0 Å². The first-order valence-electron chi connectivity index (χ1n) is 3.33. The molecule has 12 heavy (non-hydrogen) atoms. The number of carboxylic acids is 1. The van der Waals surface area contributed by atoms with E-state index in [2.05, 4.69) is 4.74 Å². The molecular weight excluding hydrogens is 166 g/mol. The number of hydrogen-bond acceptors (Lipinski definition) is 5. The molecule has 0 bridgehead atoms. The summed E-state index contributed by atoms with van der Waals surface area (Å²) in [6, 6.07) is 0. The van der Waals surface area contributed by atoms with Crippen molar-refractivity contribution in [1.29, 1.82) is 0 Å². The van der Waals surface area contributed by atoms with Gasteiger partial charge in [-0.15, -0.1) is 0 Å². The van der Waals surface area contributed by atoms with Crippen LogP contribution in [0.5, 0.6) is 0 Å². The second-order valence-electron chi connectivity index (χ2n) is 2.14. The zero-order valence-electron chi connectivity index (χ0n) is 6.40. The van der Waals surface area contributed by atoms with Crippen LogP contribution in [-0.2, 0) is 14.3 Å². The Balaban J connectivity index is 3.38. The normalized spacial score (nSPS) is 12.2. The van der Waals surface area contributed by atoms with E-state index in [4.69, 9.17) is 15.9 Å². The molecule has 70 valence electrons. The van der Waals surface area contributed by atoms with Gasteiger partial charge < -0.3 is 20.7 Å². The highest BCUT2D eigenvalue weighted by molar-refractivity contribution is 5.71. The maximum atomic E-state index is 10.6. The Bertz CT molecular complexity index is 167. The summed E-state index contributed by atoms with van der Waals surface area (Å²) in [5.41, 5.74) is 4.86. The van der Waals surface area contributed by atoms with Crippen LogP contribution in [0.4, 0.5) is 0 Å². The van der Waals surface area contributed by atoms with Crippen molar-refractivity contribution >= 4 is 11.9 Å². The van der Waals surface area contributed by atoms with Gasteiger partial charge in [0.2, 0.25) is 0 Å². The van der Waals surface area contributed by atoms with Crippen molar-refractivity contribution in [3.8, 4) is 0 Å². The van der Waals surface area contributed by atoms with Crippen LogP contribution in [0.2, 0.25) is 0 Å². The van der Waals surface area contributed by atoms with Crippen LogP contribution in [0.15, 0.2) is 0 Å². The van der Waals surface area contributed by atoms with Gasteiger partial charge in [-0.1, -0.05) is 0 Å². The van der Waals surface area contributed by atoms with E-state index in [1.54, 1.807) is 0 Å². The molecule has 0 spiro atoms. The minimum absolute atomic E-state index is 0.194. The highest BCUT2D eigenvalue weighted by Gasteiger charge is 2.07. The van der Waals surface area contributed by atoms with Crippen LogP contribution >= 0.6 is 0 Å². The van der Waals surface area contributed by atoms with E-state index in [1.807, 2.05) is 0 Å². The SMILES string of the molecule is NC(O)CC(=O)OCCC(=O)O. The van der Waals surface area contributed by atoms with E-state index in [1.165, 1.54) is 0 Å². The number of esters is 1. The molecule has 6 nitrogen and oxygen atoms in total. The maximum Gasteiger partial charge on any atom is 0.309 e. The summed E-state index contributed by atoms with van der Waals surface area (Å²) < 4.78 is 4.40. The summed E-state index contributed by atoms with van der Waals surface area (Å²) >= 11 is 0. The van der Waals surface area contributed by atoms with E-state index in [0.717, 1.165) is 0 Å². The fourth-order valence-electron chi connectivity index (χ4n) is 0.482. The molecule has 0 aromatic carbocycles. The van der Waals surface area contributed by atoms with Crippen LogP contribution in [0.1, 0.15) is 12.8 Å². The smallest absolute Gasteiger partial charge is 0.309 e. The van der Waals surface area contributed by atoms with Crippen LogP contribution in [0.3, 0.4) is 0 Å². The Labute approximate surface area is 68.9 Å². The average molecular weight is 177 g/mol. The third kappa shape index (κ3) is 6.97. The van der Waals surface area contributed by atoms with Crippen molar-refractivity contribution in [2.75, 3.05) is 6.61 Å². The zero-order chi connectivity index (χ0) is 9.56. The topological polar surface area (TPSA) is 110 Å². The highest BCUT2D eigenvalue weighted by Crippen LogP contribution is 1.90. The molecule has 0 radical (unpaired) electrons. The van der Waals surface area contributed by atoms with Crippen molar-refractivity contribution in [3.63, 3.8) is 0 Å². The lowest BCUT2D eigenvalue weighted by molar-refractivity contribution is -0.148. The van der Waals surface area contributed by atoms with Crippen molar-refractivity contribution in [3.05, 3.63) is 0 Å². The largest absolute Gasteiger partial charge is 0.481 e. The highest BCUT2D eigenvalue weighted by atomic mass is 16.5. The third-order valence-corrected chi connectivity index (χ3v) is 0.955. The average Bonchev–Trinajstić information content (AvgIpc) is 1.84. The first-order valence-corrected chi connectivity index (χ1v) is 3.33. The molecule has 0 aromatic heterocycles. The van der Waals surface area contributed by atoms with Crippen molar-refractivity contribution in [2.45, 2.75) is 19.1 Å². The maximum absolute atomic E-state index is 10.6. The summed E-state index contributed by atoms with van der Waals surface area (Å²) in [5, 5.41) is 16.6. The molecule has 0 aromatic rings. The Morgan fingerprint density at radius 3 is 2.50 bits per heavy atom. The molecule has 0 aliphatic heterocycles. The number of hydrogen-bond donors (Lipinski definition) is 3. The summed E-state index contributed by atoms with van der Waals surface area (Å²) in [6.45, 7) is -0.194. The molecule has 0 aliphatic rings. The number of carboxylic acid groups (broad SMARTS) is 1. The molecular formula is C6H11NO5. The van der Waals surface area contributed by atoms with Crippen LogP contribution in [0.25, 0.3) is 0 Å². The standard InChI is InChI=1S/C6H11NO5/c7-4(8)3-6(11)12-2-1-5(9)10/h4,8H,1-3,7H2,(H,9,10). The van der Waals surface area contributed by atoms with E-state index in [0.29, 0.717) is 0 Å². The molecule has 1 unspecified atom stereocenters. The van der Waals surface area contributed by atoms with Gasteiger partial charge in [0, 0.05) is 0 Å². The number of carbonyl (C=O) groups is 2. The van der Waals surface area contributed by atoms with Gasteiger partial charge in [0.05, 0.1) is 12.8 Å². The number of aliphatic carboxylic acids is 1. The Morgan fingerprint density at radius 1 is 1.50 bits per heavy atom. The lowest BCUT2D eigenvalue weighted by Gasteiger charge is -2.04. The molecule has 0 amide bonds. The van der Waals surface area contributed by atoms with E-state index >= 15 is 0 Å². The molecule has 4 N–H and O–H groups in total. The van der Waals surface area contributed by atoms with Crippen LogP contribution in [0, 0.1) is 0 Å². The monoisotopic (exact) mass is 177 g/mol. The van der Waals surface area contributed by atoms with Crippen LogP contribution < -0.4 is 5.73 Å². The number of aliphatic hydroxyl groups excluding tert-OH is 1. The first kappa shape index (κ1) is 10.9. The van der Waals surface area contributed by atoms with Gasteiger partial charge >= 0.3 is 11.9 Å². The second kappa shape index (κ2) is 5.50. The van der Waals surface area contributed by atoms with Gasteiger partial charge in [0.15, 0.2) is 0 Å². The number of rotatable bonds is 5. The molecule has 0 heterocycles. The molecule has 6 heteroatoms. The molecule has 0 fully saturated rings. The first-order chi connectivity index (χ1) is 5.52. The number of ether oxygens (including phenoxy) is 1. The predicted molar refractivity (Wildman–Crippen MR) is 38.0 cm³/mol. The minimum Gasteiger partial charge on any atom is -0.481 e. The predicted octanol–water partition coefficient (Wildman–Crippen LogP) is -1.33. The zero-order valence-corrected chi connectivity index (χ0v) is 6.40. The molecule has 0 saturated heterocycles.